The fourth-order valence-electron chi connectivity index (χ4n) is 4.83. The number of nitrogens with zero attached hydrogens (tertiary/aromatic N) is 2. The number of anilines is 1. The first-order valence-electron chi connectivity index (χ1n) is 16.1. The van der Waals surface area contributed by atoms with Gasteiger partial charge in [-0.3, -0.25) is 25.0 Å². The van der Waals surface area contributed by atoms with Crippen LogP contribution in [0.3, 0.4) is 0 Å². The lowest BCUT2D eigenvalue weighted by Crippen LogP contribution is -2.67. The zero-order valence-corrected chi connectivity index (χ0v) is 28.0. The van der Waals surface area contributed by atoms with Crippen molar-refractivity contribution in [3.63, 3.8) is 0 Å². The molecule has 0 aliphatic carbocycles. The van der Waals surface area contributed by atoms with Gasteiger partial charge < -0.3 is 63.5 Å². The molecule has 2 saturated heterocycles. The van der Waals surface area contributed by atoms with E-state index < -0.39 is 57.8 Å². The maximum absolute atomic E-state index is 12.6. The number of carbonyl (C=O) groups excluding carboxylic acids is 1. The molecule has 20 nitrogen and oxygen atoms in total. The monoisotopic (exact) mass is 760 g/mol. The molecule has 0 aromatic heterocycles. The van der Waals surface area contributed by atoms with Crippen LogP contribution in [0.15, 0.2) is 18.2 Å². The minimum atomic E-state index is -5.18. The predicted octanol–water partition coefficient (Wildman–Crippen LogP) is -0.0747. The Kier molecular flexibility index (Phi) is 18.2. The lowest BCUT2D eigenvalue weighted by Gasteiger charge is -2.42. The molecule has 3 rings (SSSR count). The third-order valence-corrected chi connectivity index (χ3v) is 7.45. The van der Waals surface area contributed by atoms with Crippen molar-refractivity contribution in [3.05, 3.63) is 38.4 Å². The van der Waals surface area contributed by atoms with Crippen molar-refractivity contribution in [2.24, 2.45) is 0 Å². The Morgan fingerprint density at radius 3 is 1.81 bits per heavy atom. The number of benzene rings is 1. The lowest BCUT2D eigenvalue weighted by molar-refractivity contribution is -0.393. The van der Waals surface area contributed by atoms with Crippen LogP contribution in [0.2, 0.25) is 0 Å². The Balaban J connectivity index is 1.06. The Morgan fingerprint density at radius 1 is 0.827 bits per heavy atom. The number of carbonyl (C=O) groups is 1. The van der Waals surface area contributed by atoms with Gasteiger partial charge in [-0.15, -0.1) is 0 Å². The minimum Gasteiger partial charge on any atom is -0.388 e. The summed E-state index contributed by atoms with van der Waals surface area (Å²) in [5.74, 6) is -2.29. The fraction of sp³-hybridized carbons (Fsp3) is 0.759. The third-order valence-electron chi connectivity index (χ3n) is 7.45. The van der Waals surface area contributed by atoms with Gasteiger partial charge in [0.1, 0.15) is 29.5 Å². The van der Waals surface area contributed by atoms with Crippen LogP contribution in [0.4, 0.5) is 30.2 Å². The number of non-ortho nitro benzene ring substituents is 1. The molecular formula is C29H43F3N4O16. The van der Waals surface area contributed by atoms with Crippen molar-refractivity contribution in [1.82, 2.24) is 5.32 Å². The van der Waals surface area contributed by atoms with E-state index in [0.717, 1.165) is 6.07 Å². The summed E-state index contributed by atoms with van der Waals surface area (Å²) in [7, 11) is 0. The molecule has 4 N–H and O–H groups in total. The van der Waals surface area contributed by atoms with E-state index in [1.165, 1.54) is 12.1 Å². The van der Waals surface area contributed by atoms with Gasteiger partial charge in [-0.2, -0.15) is 13.2 Å². The van der Waals surface area contributed by atoms with Crippen LogP contribution < -0.4 is 10.6 Å². The molecule has 0 radical (unpaired) electrons. The maximum Gasteiger partial charge on any atom is 0.471 e. The van der Waals surface area contributed by atoms with Gasteiger partial charge >= 0.3 is 12.1 Å². The highest BCUT2D eigenvalue weighted by Crippen LogP contribution is 2.37. The molecule has 2 bridgehead atoms. The highest BCUT2D eigenvalue weighted by atomic mass is 19.4. The zero-order chi connectivity index (χ0) is 38.0. The van der Waals surface area contributed by atoms with Crippen molar-refractivity contribution in [3.8, 4) is 0 Å². The van der Waals surface area contributed by atoms with Gasteiger partial charge in [-0.25, -0.2) is 0 Å². The summed E-state index contributed by atoms with van der Waals surface area (Å²) >= 11 is 0. The summed E-state index contributed by atoms with van der Waals surface area (Å²) in [5, 5.41) is 47.1. The number of nitro benzene ring substituents is 2. The van der Waals surface area contributed by atoms with E-state index >= 15 is 0 Å². The standard InChI is InChI=1S/C29H43F3N4O16/c30-29(31,32)27(39)34-23-24(37)25(38)28(19-51-26(23)52-28)18-50-16-15-49-14-13-48-12-11-47-10-9-46-8-7-45-6-5-44-4-3-33-21-2-1-20(35(40)41)17-22(21)36(42)43/h1-2,17,23-26,33,37-38H,3-16,18-19H2,(H,34,39)/t23-,24-,25-,26+,28+/m1/s1. The van der Waals surface area contributed by atoms with E-state index in [4.69, 9.17) is 42.6 Å². The van der Waals surface area contributed by atoms with Crippen LogP contribution in [-0.2, 0) is 47.4 Å². The highest BCUT2D eigenvalue weighted by molar-refractivity contribution is 5.82. The van der Waals surface area contributed by atoms with Crippen molar-refractivity contribution in [2.75, 3.05) is 111 Å². The van der Waals surface area contributed by atoms with Crippen LogP contribution >= 0.6 is 0 Å². The summed E-state index contributed by atoms with van der Waals surface area (Å²) in [6.07, 6.45) is -10.0. The topological polar surface area (TPSA) is 251 Å². The van der Waals surface area contributed by atoms with Gasteiger partial charge in [0.2, 0.25) is 0 Å². The van der Waals surface area contributed by atoms with Crippen LogP contribution in [0.25, 0.3) is 0 Å². The minimum absolute atomic E-state index is 0.0796. The van der Waals surface area contributed by atoms with E-state index in [1.807, 2.05) is 0 Å². The maximum atomic E-state index is 12.6. The predicted molar refractivity (Wildman–Crippen MR) is 168 cm³/mol. The number of alkyl halides is 3. The first kappa shape index (κ1) is 43.0. The fourth-order valence-corrected chi connectivity index (χ4v) is 4.83. The van der Waals surface area contributed by atoms with Crippen LogP contribution in [0, 0.1) is 20.2 Å². The normalized spacial score (nSPS) is 22.7. The van der Waals surface area contributed by atoms with Crippen LogP contribution in [-0.4, -0.2) is 168 Å². The molecule has 52 heavy (non-hydrogen) atoms. The molecule has 2 aliphatic heterocycles. The molecule has 1 amide bonds. The molecule has 0 spiro atoms. The second-order valence-electron chi connectivity index (χ2n) is 11.2. The Bertz CT molecular complexity index is 1270. The number of nitro groups is 2. The number of fused-ring (bicyclic) bond motifs is 2. The number of aliphatic hydroxyl groups excluding tert-OH is 2. The van der Waals surface area contributed by atoms with E-state index in [2.05, 4.69) is 5.32 Å². The van der Waals surface area contributed by atoms with Gasteiger partial charge in [0.15, 0.2) is 6.29 Å². The summed E-state index contributed by atoms with van der Waals surface area (Å²) in [6.45, 7) is 3.45. The number of amides is 1. The first-order chi connectivity index (χ1) is 24.9. The van der Waals surface area contributed by atoms with E-state index in [0.29, 0.717) is 52.9 Å². The number of rotatable bonds is 27. The number of ether oxygens (including phenoxy) is 9. The smallest absolute Gasteiger partial charge is 0.388 e. The average molecular weight is 761 g/mol. The molecule has 1 aromatic carbocycles. The van der Waals surface area contributed by atoms with Crippen molar-refractivity contribution < 1.29 is 80.7 Å². The molecule has 296 valence electrons. The number of halogens is 3. The summed E-state index contributed by atoms with van der Waals surface area (Å²) in [5.41, 5.74) is -2.12. The molecule has 1 aromatic rings. The summed E-state index contributed by atoms with van der Waals surface area (Å²) in [6, 6.07) is 1.73. The quantitative estimate of drug-likeness (QED) is 0.0520. The molecule has 5 atom stereocenters. The number of hydrogen-bond donors (Lipinski definition) is 4. The van der Waals surface area contributed by atoms with Gasteiger partial charge in [-0.05, 0) is 6.07 Å². The van der Waals surface area contributed by atoms with Crippen molar-refractivity contribution in [1.29, 1.82) is 0 Å². The second-order valence-corrected chi connectivity index (χ2v) is 11.2. The molecule has 2 fully saturated rings. The summed E-state index contributed by atoms with van der Waals surface area (Å²) in [4.78, 5) is 31.8. The Labute approximate surface area is 294 Å². The number of hydrogen-bond acceptors (Lipinski definition) is 17. The second kappa shape index (κ2) is 22.0. The molecule has 23 heteroatoms. The van der Waals surface area contributed by atoms with Crippen molar-refractivity contribution >= 4 is 23.0 Å². The van der Waals surface area contributed by atoms with Gasteiger partial charge in [0.05, 0.1) is 115 Å². The first-order valence-corrected chi connectivity index (χ1v) is 16.1. The Morgan fingerprint density at radius 2 is 1.33 bits per heavy atom. The van der Waals surface area contributed by atoms with Crippen LogP contribution in [0.5, 0.6) is 0 Å². The zero-order valence-electron chi connectivity index (χ0n) is 28.0. The number of nitrogens with one attached hydrogen (secondary N) is 2. The van der Waals surface area contributed by atoms with Gasteiger partial charge in [0, 0.05) is 12.6 Å². The molecule has 2 aliphatic rings. The lowest BCUT2D eigenvalue weighted by atomic mass is 9.88. The summed E-state index contributed by atoms with van der Waals surface area (Å²) < 4.78 is 86.4. The molecular weight excluding hydrogens is 717 g/mol. The van der Waals surface area contributed by atoms with E-state index in [1.54, 1.807) is 5.32 Å². The Hall–Kier alpha value is -3.36. The highest BCUT2D eigenvalue weighted by Gasteiger charge is 2.60. The van der Waals surface area contributed by atoms with E-state index in [9.17, 15) is 48.4 Å². The van der Waals surface area contributed by atoms with Crippen molar-refractivity contribution in [2.45, 2.75) is 36.3 Å². The van der Waals surface area contributed by atoms with E-state index in [-0.39, 0.29) is 64.2 Å². The van der Waals surface area contributed by atoms with Gasteiger partial charge in [0.25, 0.3) is 11.4 Å². The largest absolute Gasteiger partial charge is 0.471 e. The molecule has 0 unspecified atom stereocenters. The van der Waals surface area contributed by atoms with Gasteiger partial charge in [-0.1, -0.05) is 0 Å². The SMILES string of the molecule is O=C(N[C@H]1[C@H]2OC[C@](COCCOCCOCCOCCOCCOCCOCCNc3ccc([N+](=O)[O-])cc3[N+](=O)[O-])(O2)[C@H](O)[C@@H]1O)C(F)(F)F. The van der Waals surface area contributed by atoms with Crippen LogP contribution in [0.1, 0.15) is 0 Å². The average Bonchev–Trinajstić information content (AvgIpc) is 3.51. The third kappa shape index (κ3) is 13.9. The number of aliphatic hydroxyl groups is 2. The molecule has 0 saturated carbocycles. The molecule has 2 heterocycles.